The van der Waals surface area contributed by atoms with Gasteiger partial charge in [-0.05, 0) is 38.8 Å². The smallest absolute Gasteiger partial charge is 0.102 e. The molecule has 16 heavy (non-hydrogen) atoms. The van der Waals surface area contributed by atoms with E-state index in [4.69, 9.17) is 5.26 Å². The third kappa shape index (κ3) is 3.56. The lowest BCUT2D eigenvalue weighted by molar-refractivity contribution is 0.0749. The molecule has 0 aromatic heterocycles. The molecule has 0 unspecified atom stereocenters. The van der Waals surface area contributed by atoms with Crippen LogP contribution in [-0.4, -0.2) is 17.3 Å². The van der Waals surface area contributed by atoms with Crippen LogP contribution in [0.15, 0.2) is 18.2 Å². The second-order valence-electron chi connectivity index (χ2n) is 4.60. The number of aryl methyl sites for hydroxylation is 1. The molecular formula is C13H18N2O. The topological polar surface area (TPSA) is 56.0 Å². The summed E-state index contributed by atoms with van der Waals surface area (Å²) in [6.07, 6.45) is 0.645. The molecule has 0 spiro atoms. The van der Waals surface area contributed by atoms with Gasteiger partial charge in [0, 0.05) is 6.54 Å². The monoisotopic (exact) mass is 218 g/mol. The maximum absolute atomic E-state index is 9.57. The van der Waals surface area contributed by atoms with Crippen LogP contribution in [0, 0.1) is 18.3 Å². The fraction of sp³-hybridized carbons (Fsp3) is 0.462. The Morgan fingerprint density at radius 1 is 1.44 bits per heavy atom. The molecule has 1 rings (SSSR count). The first-order chi connectivity index (χ1) is 7.44. The number of hydrogen-bond acceptors (Lipinski definition) is 3. The Balaban J connectivity index is 2.68. The first kappa shape index (κ1) is 12.5. The van der Waals surface area contributed by atoms with Gasteiger partial charge in [-0.2, -0.15) is 5.26 Å². The van der Waals surface area contributed by atoms with Gasteiger partial charge in [0.15, 0.2) is 0 Å². The largest absolute Gasteiger partial charge is 0.390 e. The van der Waals surface area contributed by atoms with Gasteiger partial charge in [-0.1, -0.05) is 12.1 Å². The van der Waals surface area contributed by atoms with Gasteiger partial charge in [0.25, 0.3) is 0 Å². The molecule has 0 saturated heterocycles. The summed E-state index contributed by atoms with van der Waals surface area (Å²) in [6, 6.07) is 7.91. The highest BCUT2D eigenvalue weighted by molar-refractivity contribution is 5.60. The van der Waals surface area contributed by atoms with Crippen LogP contribution in [0.5, 0.6) is 0 Å². The zero-order valence-corrected chi connectivity index (χ0v) is 10.0. The minimum atomic E-state index is -0.677. The summed E-state index contributed by atoms with van der Waals surface area (Å²) in [7, 11) is 0. The van der Waals surface area contributed by atoms with E-state index in [1.165, 1.54) is 0 Å². The van der Waals surface area contributed by atoms with Crippen LogP contribution in [0.3, 0.4) is 0 Å². The van der Waals surface area contributed by atoms with E-state index in [0.717, 1.165) is 11.3 Å². The molecule has 0 radical (unpaired) electrons. The molecule has 3 nitrogen and oxygen atoms in total. The fourth-order valence-corrected chi connectivity index (χ4v) is 1.47. The Labute approximate surface area is 96.7 Å². The Kier molecular flexibility index (Phi) is 3.92. The van der Waals surface area contributed by atoms with E-state index in [0.29, 0.717) is 18.5 Å². The predicted octanol–water partition coefficient (Wildman–Crippen LogP) is 2.44. The lowest BCUT2D eigenvalue weighted by atomic mass is 10.0. The molecule has 0 fully saturated rings. The van der Waals surface area contributed by atoms with Gasteiger partial charge in [0.1, 0.15) is 6.07 Å². The fourth-order valence-electron chi connectivity index (χ4n) is 1.47. The van der Waals surface area contributed by atoms with Gasteiger partial charge in [-0.15, -0.1) is 0 Å². The molecule has 0 aliphatic rings. The summed E-state index contributed by atoms with van der Waals surface area (Å²) < 4.78 is 0. The molecule has 0 atom stereocenters. The molecule has 0 saturated carbocycles. The van der Waals surface area contributed by atoms with Crippen molar-refractivity contribution in [1.29, 1.82) is 5.26 Å². The highest BCUT2D eigenvalue weighted by Crippen LogP contribution is 2.18. The van der Waals surface area contributed by atoms with E-state index in [9.17, 15) is 5.11 Å². The SMILES string of the molecule is Cc1cccc(NCCC(C)(C)O)c1C#N. The van der Waals surface area contributed by atoms with Gasteiger partial charge in [-0.3, -0.25) is 0 Å². The Morgan fingerprint density at radius 3 is 2.69 bits per heavy atom. The van der Waals surface area contributed by atoms with E-state index >= 15 is 0 Å². The minimum absolute atomic E-state index is 0.645. The number of aliphatic hydroxyl groups is 1. The van der Waals surface area contributed by atoms with Crippen molar-refractivity contribution in [2.45, 2.75) is 32.8 Å². The summed E-state index contributed by atoms with van der Waals surface area (Å²) in [6.45, 7) is 6.12. The summed E-state index contributed by atoms with van der Waals surface area (Å²) in [5, 5.41) is 21.8. The Bertz CT molecular complexity index is 399. The van der Waals surface area contributed by atoms with E-state index in [1.54, 1.807) is 13.8 Å². The number of nitrogens with one attached hydrogen (secondary N) is 1. The van der Waals surface area contributed by atoms with Crippen LogP contribution in [-0.2, 0) is 0 Å². The Hall–Kier alpha value is -1.53. The second kappa shape index (κ2) is 5.00. The lowest BCUT2D eigenvalue weighted by Gasteiger charge is -2.18. The van der Waals surface area contributed by atoms with Crippen molar-refractivity contribution < 1.29 is 5.11 Å². The van der Waals surface area contributed by atoms with Crippen LogP contribution >= 0.6 is 0 Å². The standard InChI is InChI=1S/C13H18N2O/c1-10-5-4-6-12(11(10)9-14)15-8-7-13(2,3)16/h4-6,15-16H,7-8H2,1-3H3. The molecule has 2 N–H and O–H groups in total. The van der Waals surface area contributed by atoms with Gasteiger partial charge in [0.05, 0.1) is 16.9 Å². The molecule has 1 aromatic carbocycles. The third-order valence-corrected chi connectivity index (χ3v) is 2.44. The summed E-state index contributed by atoms with van der Waals surface area (Å²) >= 11 is 0. The van der Waals surface area contributed by atoms with E-state index < -0.39 is 5.60 Å². The van der Waals surface area contributed by atoms with Crippen molar-refractivity contribution in [3.05, 3.63) is 29.3 Å². The maximum atomic E-state index is 9.57. The highest BCUT2D eigenvalue weighted by atomic mass is 16.3. The molecule has 0 bridgehead atoms. The normalized spacial score (nSPS) is 10.9. The van der Waals surface area contributed by atoms with Gasteiger partial charge in [-0.25, -0.2) is 0 Å². The van der Waals surface area contributed by atoms with Crippen molar-refractivity contribution >= 4 is 5.69 Å². The summed E-state index contributed by atoms with van der Waals surface area (Å²) in [5.74, 6) is 0. The Morgan fingerprint density at radius 2 is 2.12 bits per heavy atom. The first-order valence-electron chi connectivity index (χ1n) is 5.40. The predicted molar refractivity (Wildman–Crippen MR) is 65.3 cm³/mol. The van der Waals surface area contributed by atoms with Crippen LogP contribution in [0.1, 0.15) is 31.4 Å². The van der Waals surface area contributed by atoms with Crippen molar-refractivity contribution in [3.8, 4) is 6.07 Å². The van der Waals surface area contributed by atoms with E-state index in [-0.39, 0.29) is 0 Å². The van der Waals surface area contributed by atoms with Crippen LogP contribution in [0.2, 0.25) is 0 Å². The van der Waals surface area contributed by atoms with Crippen molar-refractivity contribution in [1.82, 2.24) is 0 Å². The van der Waals surface area contributed by atoms with Crippen LogP contribution in [0.4, 0.5) is 5.69 Å². The number of nitrogens with zero attached hydrogens (tertiary/aromatic N) is 1. The van der Waals surface area contributed by atoms with Crippen molar-refractivity contribution in [2.75, 3.05) is 11.9 Å². The molecule has 0 aliphatic carbocycles. The molecule has 0 heterocycles. The van der Waals surface area contributed by atoms with Crippen LogP contribution < -0.4 is 5.32 Å². The zero-order chi connectivity index (χ0) is 12.2. The van der Waals surface area contributed by atoms with Gasteiger partial charge in [0.2, 0.25) is 0 Å². The van der Waals surface area contributed by atoms with Gasteiger partial charge >= 0.3 is 0 Å². The molecular weight excluding hydrogens is 200 g/mol. The lowest BCUT2D eigenvalue weighted by Crippen LogP contribution is -2.22. The number of rotatable bonds is 4. The molecule has 3 heteroatoms. The third-order valence-electron chi connectivity index (χ3n) is 2.44. The summed E-state index contributed by atoms with van der Waals surface area (Å²) in [5.41, 5.74) is 1.81. The second-order valence-corrected chi connectivity index (χ2v) is 4.60. The first-order valence-corrected chi connectivity index (χ1v) is 5.40. The average molecular weight is 218 g/mol. The molecule has 0 amide bonds. The number of nitriles is 1. The molecule has 0 aliphatic heterocycles. The average Bonchev–Trinajstić information content (AvgIpc) is 2.16. The van der Waals surface area contributed by atoms with Crippen molar-refractivity contribution in [3.63, 3.8) is 0 Å². The minimum Gasteiger partial charge on any atom is -0.390 e. The number of hydrogen-bond donors (Lipinski definition) is 2. The highest BCUT2D eigenvalue weighted by Gasteiger charge is 2.12. The summed E-state index contributed by atoms with van der Waals surface area (Å²) in [4.78, 5) is 0. The van der Waals surface area contributed by atoms with E-state index in [2.05, 4.69) is 11.4 Å². The molecule has 1 aromatic rings. The van der Waals surface area contributed by atoms with E-state index in [1.807, 2.05) is 25.1 Å². The van der Waals surface area contributed by atoms with Crippen molar-refractivity contribution in [2.24, 2.45) is 0 Å². The molecule has 86 valence electrons. The van der Waals surface area contributed by atoms with Crippen LogP contribution in [0.25, 0.3) is 0 Å². The quantitative estimate of drug-likeness (QED) is 0.816. The maximum Gasteiger partial charge on any atom is 0.102 e. The zero-order valence-electron chi connectivity index (χ0n) is 10.0. The van der Waals surface area contributed by atoms with Gasteiger partial charge < -0.3 is 10.4 Å². The number of benzene rings is 1. The number of anilines is 1.